The van der Waals surface area contributed by atoms with E-state index in [-0.39, 0.29) is 6.61 Å². The molecule has 3 nitrogen and oxygen atoms in total. The summed E-state index contributed by atoms with van der Waals surface area (Å²) < 4.78 is 0. The predicted octanol–water partition coefficient (Wildman–Crippen LogP) is 3.43. The van der Waals surface area contributed by atoms with Crippen LogP contribution in [0.2, 0.25) is 0 Å². The Kier molecular flexibility index (Phi) is 6.06. The molecule has 1 saturated heterocycles. The minimum absolute atomic E-state index is 0.265. The van der Waals surface area contributed by atoms with E-state index in [0.717, 1.165) is 39.1 Å². The molecule has 0 bridgehead atoms. The molecule has 1 unspecified atom stereocenters. The molecule has 2 heterocycles. The second-order valence-electron chi connectivity index (χ2n) is 6.81. The number of aryl methyl sites for hydroxylation is 2. The summed E-state index contributed by atoms with van der Waals surface area (Å²) in [7, 11) is 0. The molecule has 1 atom stereocenters. The van der Waals surface area contributed by atoms with Gasteiger partial charge in [-0.2, -0.15) is 0 Å². The largest absolute Gasteiger partial charge is 0.396 e. The van der Waals surface area contributed by atoms with Gasteiger partial charge in [0.05, 0.1) is 0 Å². The number of hydrogen-bond acceptors (Lipinski definition) is 4. The maximum absolute atomic E-state index is 9.49. The van der Waals surface area contributed by atoms with Gasteiger partial charge < -0.3 is 5.11 Å². The van der Waals surface area contributed by atoms with E-state index in [1.54, 1.807) is 0 Å². The Morgan fingerprint density at radius 3 is 2.62 bits per heavy atom. The first-order valence-corrected chi connectivity index (χ1v) is 9.64. The molecule has 0 amide bonds. The Hall–Kier alpha value is -1.20. The summed E-state index contributed by atoms with van der Waals surface area (Å²) in [5.41, 5.74) is 2.76. The molecular weight excluding hydrogens is 316 g/mol. The van der Waals surface area contributed by atoms with Crippen molar-refractivity contribution in [2.75, 3.05) is 26.2 Å². The van der Waals surface area contributed by atoms with Gasteiger partial charge in [-0.25, -0.2) is 0 Å². The Morgan fingerprint density at radius 2 is 1.92 bits per heavy atom. The number of piperazine rings is 1. The Labute approximate surface area is 149 Å². The average Bonchev–Trinajstić information content (AvgIpc) is 2.97. The van der Waals surface area contributed by atoms with Crippen molar-refractivity contribution in [3.05, 3.63) is 57.3 Å². The first-order valence-electron chi connectivity index (χ1n) is 8.83. The zero-order valence-electron chi connectivity index (χ0n) is 14.7. The fraction of sp³-hybridized carbons (Fsp3) is 0.500. The minimum Gasteiger partial charge on any atom is -0.396 e. The van der Waals surface area contributed by atoms with E-state index in [2.05, 4.69) is 60.0 Å². The van der Waals surface area contributed by atoms with Crippen LogP contribution in [0.1, 0.15) is 27.3 Å². The van der Waals surface area contributed by atoms with Gasteiger partial charge in [-0.3, -0.25) is 9.80 Å². The topological polar surface area (TPSA) is 26.7 Å². The second kappa shape index (κ2) is 8.26. The molecule has 1 aromatic heterocycles. The van der Waals surface area contributed by atoms with Crippen molar-refractivity contribution in [2.45, 2.75) is 39.4 Å². The number of aliphatic hydroxyl groups excluding tert-OH is 1. The van der Waals surface area contributed by atoms with Crippen molar-refractivity contribution in [2.24, 2.45) is 0 Å². The molecule has 1 aromatic carbocycles. The Morgan fingerprint density at radius 1 is 1.08 bits per heavy atom. The SMILES string of the molecule is Cc1ccc(CN2CCN(Cc3ccccc3C)C(CCO)C2)s1. The van der Waals surface area contributed by atoms with E-state index in [0.29, 0.717) is 6.04 Å². The average molecular weight is 345 g/mol. The Bertz CT molecular complexity index is 655. The van der Waals surface area contributed by atoms with Gasteiger partial charge in [-0.1, -0.05) is 24.3 Å². The molecule has 130 valence electrons. The fourth-order valence-corrected chi connectivity index (χ4v) is 4.46. The molecule has 3 rings (SSSR count). The molecule has 1 fully saturated rings. The van der Waals surface area contributed by atoms with E-state index in [4.69, 9.17) is 0 Å². The molecule has 0 aliphatic carbocycles. The lowest BCUT2D eigenvalue weighted by molar-refractivity contribution is 0.0503. The maximum atomic E-state index is 9.49. The van der Waals surface area contributed by atoms with E-state index >= 15 is 0 Å². The number of aliphatic hydroxyl groups is 1. The summed E-state index contributed by atoms with van der Waals surface area (Å²) in [6, 6.07) is 13.5. The van der Waals surface area contributed by atoms with E-state index < -0.39 is 0 Å². The van der Waals surface area contributed by atoms with Crippen LogP contribution in [-0.4, -0.2) is 47.2 Å². The normalized spacial score (nSPS) is 19.7. The van der Waals surface area contributed by atoms with Crippen LogP contribution in [-0.2, 0) is 13.1 Å². The molecule has 2 aromatic rings. The van der Waals surface area contributed by atoms with Crippen LogP contribution in [0.5, 0.6) is 0 Å². The van der Waals surface area contributed by atoms with Crippen LogP contribution >= 0.6 is 11.3 Å². The summed E-state index contributed by atoms with van der Waals surface area (Å²) in [5, 5.41) is 9.49. The van der Waals surface area contributed by atoms with Gasteiger partial charge in [-0.05, 0) is 43.5 Å². The standard InChI is InChI=1S/C20H28N2OS/c1-16-5-3-4-6-18(16)13-22-11-10-21(14-19(22)9-12-23)15-20-8-7-17(2)24-20/h3-8,19,23H,9-15H2,1-2H3. The lowest BCUT2D eigenvalue weighted by atomic mass is 10.0. The van der Waals surface area contributed by atoms with Crippen molar-refractivity contribution in [3.8, 4) is 0 Å². The van der Waals surface area contributed by atoms with Crippen molar-refractivity contribution in [1.29, 1.82) is 0 Å². The highest BCUT2D eigenvalue weighted by molar-refractivity contribution is 7.11. The highest BCUT2D eigenvalue weighted by Crippen LogP contribution is 2.22. The smallest absolute Gasteiger partial charge is 0.0446 e. The van der Waals surface area contributed by atoms with Gasteiger partial charge in [0.2, 0.25) is 0 Å². The lowest BCUT2D eigenvalue weighted by Crippen LogP contribution is -2.52. The molecule has 0 saturated carbocycles. The van der Waals surface area contributed by atoms with E-state index in [1.165, 1.54) is 20.9 Å². The zero-order valence-corrected chi connectivity index (χ0v) is 15.6. The first-order chi connectivity index (χ1) is 11.7. The molecule has 24 heavy (non-hydrogen) atoms. The maximum Gasteiger partial charge on any atom is 0.0446 e. The van der Waals surface area contributed by atoms with Crippen LogP contribution in [0.15, 0.2) is 36.4 Å². The molecule has 4 heteroatoms. The summed E-state index contributed by atoms with van der Waals surface area (Å²) in [6.07, 6.45) is 0.853. The Balaban J connectivity index is 1.63. The van der Waals surface area contributed by atoms with Crippen molar-refractivity contribution in [3.63, 3.8) is 0 Å². The highest BCUT2D eigenvalue weighted by Gasteiger charge is 2.27. The summed E-state index contributed by atoms with van der Waals surface area (Å²) >= 11 is 1.90. The van der Waals surface area contributed by atoms with Gasteiger partial charge in [-0.15, -0.1) is 11.3 Å². The number of nitrogens with zero attached hydrogens (tertiary/aromatic N) is 2. The lowest BCUT2D eigenvalue weighted by Gasteiger charge is -2.41. The number of thiophene rings is 1. The van der Waals surface area contributed by atoms with Gasteiger partial charge in [0, 0.05) is 55.1 Å². The molecule has 1 aliphatic rings. The highest BCUT2D eigenvalue weighted by atomic mass is 32.1. The molecule has 0 radical (unpaired) electrons. The number of benzene rings is 1. The third-order valence-corrected chi connectivity index (χ3v) is 5.95. The molecule has 1 aliphatic heterocycles. The first kappa shape index (κ1) is 17.6. The van der Waals surface area contributed by atoms with Crippen molar-refractivity contribution >= 4 is 11.3 Å². The van der Waals surface area contributed by atoms with Crippen LogP contribution in [0.3, 0.4) is 0 Å². The summed E-state index contributed by atoms with van der Waals surface area (Å²) in [5.74, 6) is 0. The van der Waals surface area contributed by atoms with Gasteiger partial charge in [0.25, 0.3) is 0 Å². The third-order valence-electron chi connectivity index (χ3n) is 4.96. The molecular formula is C20H28N2OS. The van der Waals surface area contributed by atoms with Crippen LogP contribution in [0, 0.1) is 13.8 Å². The number of rotatable bonds is 6. The quantitative estimate of drug-likeness (QED) is 0.870. The van der Waals surface area contributed by atoms with Crippen LogP contribution in [0.25, 0.3) is 0 Å². The summed E-state index contributed by atoms with van der Waals surface area (Å²) in [6.45, 7) is 9.87. The predicted molar refractivity (Wildman–Crippen MR) is 101 cm³/mol. The van der Waals surface area contributed by atoms with Crippen molar-refractivity contribution in [1.82, 2.24) is 9.80 Å². The van der Waals surface area contributed by atoms with Gasteiger partial charge >= 0.3 is 0 Å². The summed E-state index contributed by atoms with van der Waals surface area (Å²) in [4.78, 5) is 7.92. The van der Waals surface area contributed by atoms with Gasteiger partial charge in [0.1, 0.15) is 0 Å². The third kappa shape index (κ3) is 4.45. The van der Waals surface area contributed by atoms with Crippen molar-refractivity contribution < 1.29 is 5.11 Å². The monoisotopic (exact) mass is 344 g/mol. The van der Waals surface area contributed by atoms with Crippen LogP contribution < -0.4 is 0 Å². The second-order valence-corrected chi connectivity index (χ2v) is 8.18. The number of hydrogen-bond donors (Lipinski definition) is 1. The zero-order chi connectivity index (χ0) is 16.9. The molecule has 0 spiro atoms. The fourth-order valence-electron chi connectivity index (χ4n) is 3.53. The van der Waals surface area contributed by atoms with Crippen LogP contribution in [0.4, 0.5) is 0 Å². The van der Waals surface area contributed by atoms with E-state index in [9.17, 15) is 5.11 Å². The van der Waals surface area contributed by atoms with E-state index in [1.807, 2.05) is 11.3 Å². The minimum atomic E-state index is 0.265. The van der Waals surface area contributed by atoms with Gasteiger partial charge in [0.15, 0.2) is 0 Å². The molecule has 1 N–H and O–H groups in total.